The zero-order valence-electron chi connectivity index (χ0n) is 19.6. The van der Waals surface area contributed by atoms with Crippen LogP contribution in [-0.4, -0.2) is 48.9 Å². The smallest absolute Gasteiger partial charge is 0.322 e. The minimum atomic E-state index is -1.60. The maximum absolute atomic E-state index is 13.2. The Hall–Kier alpha value is -4.34. The van der Waals surface area contributed by atoms with Crippen molar-refractivity contribution in [2.24, 2.45) is 0 Å². The first kappa shape index (κ1) is 22.1. The van der Waals surface area contributed by atoms with E-state index in [1.54, 1.807) is 29.2 Å². The van der Waals surface area contributed by atoms with Gasteiger partial charge in [-0.15, -0.1) is 0 Å². The van der Waals surface area contributed by atoms with Crippen LogP contribution < -0.4 is 20.3 Å². The number of hydrogen-bond donors (Lipinski definition) is 2. The van der Waals surface area contributed by atoms with E-state index in [0.29, 0.717) is 35.2 Å². The summed E-state index contributed by atoms with van der Waals surface area (Å²) in [7, 11) is 1.53. The van der Waals surface area contributed by atoms with Gasteiger partial charge in [0, 0.05) is 36.1 Å². The lowest BCUT2D eigenvalue weighted by Crippen LogP contribution is -2.52. The van der Waals surface area contributed by atoms with Gasteiger partial charge in [0.1, 0.15) is 17.1 Å². The highest BCUT2D eigenvalue weighted by Gasteiger charge is 2.53. The van der Waals surface area contributed by atoms with Gasteiger partial charge in [-0.2, -0.15) is 0 Å². The van der Waals surface area contributed by atoms with E-state index in [1.807, 2.05) is 18.2 Å². The first-order valence-corrected chi connectivity index (χ1v) is 11.8. The van der Waals surface area contributed by atoms with Crippen LogP contribution in [0.15, 0.2) is 46.9 Å². The van der Waals surface area contributed by atoms with Crippen LogP contribution in [0.1, 0.15) is 40.9 Å². The van der Waals surface area contributed by atoms with Gasteiger partial charge in [0.15, 0.2) is 5.54 Å². The summed E-state index contributed by atoms with van der Waals surface area (Å²) in [6.45, 7) is 0.821. The minimum absolute atomic E-state index is 0.0759. The molecule has 0 saturated carbocycles. The molecule has 3 aromatic rings. The number of fused-ring (bicyclic) bond motifs is 2. The number of carbonyl (C=O) groups excluding carboxylic acids is 4. The number of urea groups is 1. The van der Waals surface area contributed by atoms with Crippen molar-refractivity contribution in [1.82, 2.24) is 15.5 Å². The first-order valence-electron chi connectivity index (χ1n) is 11.8. The molecule has 10 heteroatoms. The molecule has 3 aliphatic heterocycles. The normalized spacial score (nSPS) is 21.7. The Kier molecular flexibility index (Phi) is 4.99. The fourth-order valence-electron chi connectivity index (χ4n) is 5.22. The number of ether oxygens (including phenoxy) is 1. The molecule has 0 bridgehead atoms. The molecule has 0 radical (unpaired) electrons. The quantitative estimate of drug-likeness (QED) is 0.533. The lowest BCUT2D eigenvalue weighted by atomic mass is 9.95. The Morgan fingerprint density at radius 1 is 1.06 bits per heavy atom. The molecule has 0 aliphatic carbocycles. The van der Waals surface area contributed by atoms with E-state index in [0.717, 1.165) is 24.1 Å². The minimum Gasteiger partial charge on any atom is -0.497 e. The molecule has 0 unspecified atom stereocenters. The van der Waals surface area contributed by atoms with Crippen molar-refractivity contribution in [1.29, 1.82) is 0 Å². The molecule has 1 aromatic heterocycles. The monoisotopic (exact) mass is 488 g/mol. The standard InChI is InChI=1S/C26H24N4O6/c1-35-18-7-5-15-13-29(23(32)19(15)12-18)14-26(24(33)27-25(34)28-26)21-11-16-10-17(6-8-20(16)36-21)30-9-3-2-4-22(30)31/h5-8,10-12H,2-4,9,13-14H2,1H3,(H2,27,28,33,34)/t26-/m0/s1. The second-order valence-corrected chi connectivity index (χ2v) is 9.33. The molecule has 1 atom stereocenters. The Bertz CT molecular complexity index is 1450. The fraction of sp³-hybridized carbons (Fsp3) is 0.308. The molecule has 0 spiro atoms. The summed E-state index contributed by atoms with van der Waals surface area (Å²) in [6.07, 6.45) is 2.34. The fourth-order valence-corrected chi connectivity index (χ4v) is 5.22. The zero-order valence-corrected chi connectivity index (χ0v) is 19.6. The van der Waals surface area contributed by atoms with Crippen molar-refractivity contribution in [2.75, 3.05) is 25.1 Å². The van der Waals surface area contributed by atoms with Crippen molar-refractivity contribution >= 4 is 40.4 Å². The van der Waals surface area contributed by atoms with Crippen LogP contribution in [0, 0.1) is 0 Å². The highest BCUT2D eigenvalue weighted by Crippen LogP contribution is 2.36. The van der Waals surface area contributed by atoms with E-state index in [1.165, 1.54) is 12.0 Å². The highest BCUT2D eigenvalue weighted by molar-refractivity contribution is 6.08. The predicted octanol–water partition coefficient (Wildman–Crippen LogP) is 2.65. The maximum atomic E-state index is 13.2. The molecule has 184 valence electrons. The Morgan fingerprint density at radius 3 is 2.67 bits per heavy atom. The SMILES string of the molecule is COc1ccc2c(c1)C(=O)N(C[C@@]1(c3cc4cc(N5CCCCC5=O)ccc4o3)NC(=O)NC1=O)C2. The Morgan fingerprint density at radius 2 is 1.92 bits per heavy atom. The Balaban J connectivity index is 1.36. The van der Waals surface area contributed by atoms with Crippen LogP contribution in [-0.2, 0) is 21.7 Å². The highest BCUT2D eigenvalue weighted by atomic mass is 16.5. The number of imide groups is 1. The van der Waals surface area contributed by atoms with Gasteiger partial charge in [-0.25, -0.2) is 4.79 Å². The number of piperidine rings is 1. The van der Waals surface area contributed by atoms with Gasteiger partial charge in [-0.1, -0.05) is 6.07 Å². The van der Waals surface area contributed by atoms with E-state index in [2.05, 4.69) is 10.6 Å². The van der Waals surface area contributed by atoms with E-state index in [-0.39, 0.29) is 30.7 Å². The number of benzene rings is 2. The van der Waals surface area contributed by atoms with Gasteiger partial charge >= 0.3 is 6.03 Å². The van der Waals surface area contributed by atoms with Crippen molar-refractivity contribution in [3.8, 4) is 5.75 Å². The van der Waals surface area contributed by atoms with Gasteiger partial charge in [0.25, 0.3) is 11.8 Å². The topological polar surface area (TPSA) is 121 Å². The van der Waals surface area contributed by atoms with Crippen LogP contribution in [0.3, 0.4) is 0 Å². The van der Waals surface area contributed by atoms with Crippen LogP contribution in [0.4, 0.5) is 10.5 Å². The van der Waals surface area contributed by atoms with Crippen molar-refractivity contribution in [2.45, 2.75) is 31.3 Å². The lowest BCUT2D eigenvalue weighted by Gasteiger charge is -2.29. The van der Waals surface area contributed by atoms with Gasteiger partial charge in [-0.05, 0) is 54.8 Å². The molecule has 6 rings (SSSR count). The van der Waals surface area contributed by atoms with E-state index in [9.17, 15) is 19.2 Å². The molecule has 2 aromatic carbocycles. The molecule has 3 aliphatic rings. The third kappa shape index (κ3) is 3.40. The van der Waals surface area contributed by atoms with Gasteiger partial charge in [0.05, 0.1) is 13.7 Å². The first-order chi connectivity index (χ1) is 17.4. The summed E-state index contributed by atoms with van der Waals surface area (Å²) in [5.74, 6) is -0.0133. The molecular formula is C26H24N4O6. The number of nitrogens with one attached hydrogen (secondary N) is 2. The lowest BCUT2D eigenvalue weighted by molar-refractivity contribution is -0.125. The van der Waals surface area contributed by atoms with Gasteiger partial charge < -0.3 is 24.3 Å². The second kappa shape index (κ2) is 8.11. The third-order valence-corrected chi connectivity index (χ3v) is 7.12. The molecule has 2 N–H and O–H groups in total. The van der Waals surface area contributed by atoms with Crippen molar-refractivity contribution in [3.05, 3.63) is 59.4 Å². The number of methoxy groups -OCH3 is 1. The number of carbonyl (C=O) groups is 4. The van der Waals surface area contributed by atoms with Crippen molar-refractivity contribution in [3.63, 3.8) is 0 Å². The summed E-state index contributed by atoms with van der Waals surface area (Å²) < 4.78 is 11.3. The molecule has 2 fully saturated rings. The molecule has 2 saturated heterocycles. The largest absolute Gasteiger partial charge is 0.497 e. The Labute approximate surface area is 206 Å². The van der Waals surface area contributed by atoms with Gasteiger partial charge in [0.2, 0.25) is 5.91 Å². The average molecular weight is 489 g/mol. The number of hydrogen-bond acceptors (Lipinski definition) is 6. The summed E-state index contributed by atoms with van der Waals surface area (Å²) >= 11 is 0. The molecule has 36 heavy (non-hydrogen) atoms. The van der Waals surface area contributed by atoms with E-state index in [4.69, 9.17) is 9.15 Å². The summed E-state index contributed by atoms with van der Waals surface area (Å²) in [4.78, 5) is 54.3. The molecule has 4 heterocycles. The second-order valence-electron chi connectivity index (χ2n) is 9.33. The van der Waals surface area contributed by atoms with Gasteiger partial charge in [-0.3, -0.25) is 19.7 Å². The van der Waals surface area contributed by atoms with Crippen LogP contribution in [0.2, 0.25) is 0 Å². The predicted molar refractivity (Wildman–Crippen MR) is 129 cm³/mol. The molecule has 10 nitrogen and oxygen atoms in total. The zero-order chi connectivity index (χ0) is 25.0. The van der Waals surface area contributed by atoms with Crippen molar-refractivity contribution < 1.29 is 28.3 Å². The average Bonchev–Trinajstić information content (AvgIpc) is 3.52. The number of amides is 5. The summed E-state index contributed by atoms with van der Waals surface area (Å²) in [5.41, 5.74) is 0.967. The molecule has 5 amide bonds. The number of rotatable bonds is 5. The maximum Gasteiger partial charge on any atom is 0.322 e. The summed E-state index contributed by atoms with van der Waals surface area (Å²) in [6, 6.07) is 11.7. The van der Waals surface area contributed by atoms with E-state index < -0.39 is 17.5 Å². The summed E-state index contributed by atoms with van der Waals surface area (Å²) in [5, 5.41) is 5.68. The van der Waals surface area contributed by atoms with Crippen LogP contribution in [0.25, 0.3) is 11.0 Å². The number of nitrogens with zero attached hydrogens (tertiary/aromatic N) is 2. The van der Waals surface area contributed by atoms with Crippen LogP contribution >= 0.6 is 0 Å². The van der Waals surface area contributed by atoms with E-state index >= 15 is 0 Å². The molecular weight excluding hydrogens is 464 g/mol. The van der Waals surface area contributed by atoms with Crippen LogP contribution in [0.5, 0.6) is 5.75 Å². The number of anilines is 1. The number of furan rings is 1. The third-order valence-electron chi connectivity index (χ3n) is 7.12.